The van der Waals surface area contributed by atoms with Crippen molar-refractivity contribution in [2.75, 3.05) is 46.2 Å². The molecular formula is C15H32IN3O4S. The summed E-state index contributed by atoms with van der Waals surface area (Å²) in [6.45, 7) is 6.59. The zero-order chi connectivity index (χ0) is 17.3. The number of hydrogen-bond donors (Lipinski definition) is 2. The Labute approximate surface area is 163 Å². The van der Waals surface area contributed by atoms with Gasteiger partial charge in [-0.3, -0.25) is 4.99 Å². The number of nitrogens with zero attached hydrogens (tertiary/aromatic N) is 1. The first-order chi connectivity index (χ1) is 10.8. The predicted octanol–water partition coefficient (Wildman–Crippen LogP) is 1.18. The van der Waals surface area contributed by atoms with Crippen LogP contribution >= 0.6 is 24.0 Å². The van der Waals surface area contributed by atoms with Gasteiger partial charge in [-0.2, -0.15) is 0 Å². The lowest BCUT2D eigenvalue weighted by molar-refractivity contribution is 0.0168. The number of aliphatic imine (C=N–C) groups is 1. The third-order valence-corrected chi connectivity index (χ3v) is 6.15. The van der Waals surface area contributed by atoms with Gasteiger partial charge in [0.05, 0.1) is 17.5 Å². The van der Waals surface area contributed by atoms with E-state index in [1.807, 2.05) is 0 Å². The first-order valence-corrected chi connectivity index (χ1v) is 9.99. The van der Waals surface area contributed by atoms with E-state index in [4.69, 9.17) is 9.47 Å². The van der Waals surface area contributed by atoms with Gasteiger partial charge in [-0.05, 0) is 33.1 Å². The maximum absolute atomic E-state index is 11.7. The Morgan fingerprint density at radius 1 is 1.38 bits per heavy atom. The highest BCUT2D eigenvalue weighted by atomic mass is 127. The van der Waals surface area contributed by atoms with Gasteiger partial charge in [0.2, 0.25) is 0 Å². The molecule has 0 amide bonds. The second-order valence-corrected chi connectivity index (χ2v) is 9.10. The highest BCUT2D eigenvalue weighted by Crippen LogP contribution is 2.13. The van der Waals surface area contributed by atoms with Crippen LogP contribution in [0.15, 0.2) is 4.99 Å². The van der Waals surface area contributed by atoms with E-state index in [9.17, 15) is 8.42 Å². The summed E-state index contributed by atoms with van der Waals surface area (Å²) in [4.78, 5) is 4.09. The van der Waals surface area contributed by atoms with Crippen LogP contribution in [0.4, 0.5) is 0 Å². The second-order valence-electron chi connectivity index (χ2n) is 6.45. The van der Waals surface area contributed by atoms with E-state index >= 15 is 0 Å². The molecule has 1 saturated heterocycles. The molecule has 1 aliphatic rings. The molecule has 0 radical (unpaired) electrons. The number of guanidine groups is 1. The summed E-state index contributed by atoms with van der Waals surface area (Å²) in [6.07, 6.45) is 4.57. The fraction of sp³-hybridized carbons (Fsp3) is 0.933. The van der Waals surface area contributed by atoms with Gasteiger partial charge in [-0.15, -0.1) is 24.0 Å². The molecule has 1 heterocycles. The van der Waals surface area contributed by atoms with E-state index in [0.29, 0.717) is 32.3 Å². The minimum atomic E-state index is -3.12. The second kappa shape index (κ2) is 11.5. The quantitative estimate of drug-likeness (QED) is 0.225. The Morgan fingerprint density at radius 2 is 2.08 bits per heavy atom. The molecule has 1 unspecified atom stereocenters. The summed E-state index contributed by atoms with van der Waals surface area (Å²) < 4.78 is 33.6. The zero-order valence-corrected chi connectivity index (χ0v) is 18.3. The van der Waals surface area contributed by atoms with E-state index in [2.05, 4.69) is 15.6 Å². The molecule has 0 aromatic carbocycles. The molecule has 1 atom stereocenters. The topological polar surface area (TPSA) is 89.0 Å². The minimum Gasteiger partial charge on any atom is -0.379 e. The van der Waals surface area contributed by atoms with Crippen molar-refractivity contribution in [1.82, 2.24) is 10.6 Å². The highest BCUT2D eigenvalue weighted by molar-refractivity contribution is 14.0. The Kier molecular flexibility index (Phi) is 11.4. The zero-order valence-electron chi connectivity index (χ0n) is 15.1. The maximum atomic E-state index is 11.7. The standard InChI is InChI=1S/C15H31N3O4S.HI/c1-15(2,23(4,19)20)12-18-14(16-3)17-8-6-9-21-11-13-7-5-10-22-13;/h13H,5-12H2,1-4H3,(H2,16,17,18);1H. The van der Waals surface area contributed by atoms with Crippen molar-refractivity contribution in [2.24, 2.45) is 4.99 Å². The fourth-order valence-corrected chi connectivity index (χ4v) is 2.35. The number of hydrogen-bond acceptors (Lipinski definition) is 5. The lowest BCUT2D eigenvalue weighted by atomic mass is 10.2. The number of nitrogens with one attached hydrogen (secondary N) is 2. The normalized spacial score (nSPS) is 19.0. The summed E-state index contributed by atoms with van der Waals surface area (Å²) >= 11 is 0. The summed E-state index contributed by atoms with van der Waals surface area (Å²) in [5.41, 5.74) is 0. The van der Waals surface area contributed by atoms with Gasteiger partial charge in [0.15, 0.2) is 15.8 Å². The number of sulfone groups is 1. The van der Waals surface area contributed by atoms with Crippen LogP contribution in [0.5, 0.6) is 0 Å². The van der Waals surface area contributed by atoms with Crippen LogP contribution in [0, 0.1) is 0 Å². The van der Waals surface area contributed by atoms with Gasteiger partial charge < -0.3 is 20.1 Å². The first kappa shape index (κ1) is 23.9. The Balaban J connectivity index is 0.00000529. The van der Waals surface area contributed by atoms with Crippen LogP contribution < -0.4 is 10.6 Å². The van der Waals surface area contributed by atoms with Gasteiger partial charge in [-0.1, -0.05) is 0 Å². The number of ether oxygens (including phenoxy) is 2. The van der Waals surface area contributed by atoms with Gasteiger partial charge >= 0.3 is 0 Å². The van der Waals surface area contributed by atoms with E-state index in [-0.39, 0.29) is 30.1 Å². The van der Waals surface area contributed by atoms with E-state index in [0.717, 1.165) is 25.9 Å². The summed E-state index contributed by atoms with van der Waals surface area (Å²) in [7, 11) is -1.46. The average Bonchev–Trinajstić information content (AvgIpc) is 2.97. The summed E-state index contributed by atoms with van der Waals surface area (Å²) in [5.74, 6) is 0.598. The van der Waals surface area contributed by atoms with Crippen LogP contribution in [-0.2, 0) is 19.3 Å². The van der Waals surface area contributed by atoms with Crippen LogP contribution in [0.25, 0.3) is 0 Å². The first-order valence-electron chi connectivity index (χ1n) is 8.10. The summed E-state index contributed by atoms with van der Waals surface area (Å²) in [6, 6.07) is 0. The van der Waals surface area contributed by atoms with Crippen molar-refractivity contribution < 1.29 is 17.9 Å². The van der Waals surface area contributed by atoms with Gasteiger partial charge in [-0.25, -0.2) is 8.42 Å². The molecule has 0 aromatic heterocycles. The number of halogens is 1. The van der Waals surface area contributed by atoms with Crippen molar-refractivity contribution in [2.45, 2.75) is 44.0 Å². The third kappa shape index (κ3) is 8.82. The van der Waals surface area contributed by atoms with E-state index in [1.54, 1.807) is 20.9 Å². The van der Waals surface area contributed by atoms with Crippen molar-refractivity contribution in [3.05, 3.63) is 0 Å². The Bertz CT molecular complexity index is 477. The fourth-order valence-electron chi connectivity index (χ4n) is 2.02. The molecule has 0 saturated carbocycles. The monoisotopic (exact) mass is 477 g/mol. The highest BCUT2D eigenvalue weighted by Gasteiger charge is 2.30. The van der Waals surface area contributed by atoms with Gasteiger partial charge in [0, 0.05) is 39.6 Å². The minimum absolute atomic E-state index is 0. The SMILES string of the molecule is CN=C(NCCCOCC1CCCO1)NCC(C)(C)S(C)(=O)=O.I. The molecule has 9 heteroatoms. The summed E-state index contributed by atoms with van der Waals surface area (Å²) in [5, 5.41) is 6.21. The van der Waals surface area contributed by atoms with Crippen molar-refractivity contribution in [3.63, 3.8) is 0 Å². The van der Waals surface area contributed by atoms with E-state index < -0.39 is 14.6 Å². The molecule has 0 aliphatic carbocycles. The molecule has 1 aliphatic heterocycles. The van der Waals surface area contributed by atoms with Crippen molar-refractivity contribution >= 4 is 39.8 Å². The molecule has 2 N–H and O–H groups in total. The van der Waals surface area contributed by atoms with Crippen LogP contribution in [0.3, 0.4) is 0 Å². The molecule has 0 spiro atoms. The van der Waals surface area contributed by atoms with Gasteiger partial charge in [0.25, 0.3) is 0 Å². The predicted molar refractivity (Wildman–Crippen MR) is 108 cm³/mol. The molecule has 144 valence electrons. The Hall–Kier alpha value is -0.130. The van der Waals surface area contributed by atoms with E-state index in [1.165, 1.54) is 6.26 Å². The molecule has 1 fully saturated rings. The third-order valence-electron chi connectivity index (χ3n) is 3.99. The van der Waals surface area contributed by atoms with Gasteiger partial charge in [0.1, 0.15) is 0 Å². The number of rotatable bonds is 9. The largest absolute Gasteiger partial charge is 0.379 e. The van der Waals surface area contributed by atoms with Crippen LogP contribution in [-0.4, -0.2) is 71.4 Å². The van der Waals surface area contributed by atoms with Crippen molar-refractivity contribution in [1.29, 1.82) is 0 Å². The maximum Gasteiger partial charge on any atom is 0.191 e. The lowest BCUT2D eigenvalue weighted by Crippen LogP contribution is -2.47. The molecule has 24 heavy (non-hydrogen) atoms. The molecule has 0 bridgehead atoms. The Morgan fingerprint density at radius 3 is 2.62 bits per heavy atom. The van der Waals surface area contributed by atoms with Crippen LogP contribution in [0.1, 0.15) is 33.1 Å². The molecule has 0 aromatic rings. The lowest BCUT2D eigenvalue weighted by Gasteiger charge is -2.24. The van der Waals surface area contributed by atoms with Crippen LogP contribution in [0.2, 0.25) is 0 Å². The smallest absolute Gasteiger partial charge is 0.191 e. The molecular weight excluding hydrogens is 445 g/mol. The van der Waals surface area contributed by atoms with Crippen molar-refractivity contribution in [3.8, 4) is 0 Å². The molecule has 7 nitrogen and oxygen atoms in total. The average molecular weight is 477 g/mol. The molecule has 1 rings (SSSR count).